The summed E-state index contributed by atoms with van der Waals surface area (Å²) in [6.07, 6.45) is -0.844. The highest BCUT2D eigenvalue weighted by Gasteiger charge is 2.07. The Morgan fingerprint density at radius 1 is 1.21 bits per heavy atom. The van der Waals surface area contributed by atoms with E-state index in [2.05, 4.69) is 5.16 Å². The van der Waals surface area contributed by atoms with E-state index in [1.54, 1.807) is 12.1 Å². The van der Waals surface area contributed by atoms with E-state index in [9.17, 15) is 4.79 Å². The zero-order chi connectivity index (χ0) is 17.5. The van der Waals surface area contributed by atoms with E-state index in [1.807, 2.05) is 44.2 Å². The molecule has 0 saturated carbocycles. The number of amides is 1. The van der Waals surface area contributed by atoms with Gasteiger partial charge in [-0.3, -0.25) is 0 Å². The standard InChI is InChI=1S/C18H19ClN2O3/c1-12-4-3-5-14(8-12)10-24-21-13(2)15-6-7-17(19)16(9-15)11-23-18(20)22/h3-9H,10-11H2,1-2H3,(H2,20,22). The molecular weight excluding hydrogens is 328 g/mol. The van der Waals surface area contributed by atoms with Gasteiger partial charge in [0.15, 0.2) is 0 Å². The molecule has 1 amide bonds. The van der Waals surface area contributed by atoms with Gasteiger partial charge in [-0.05, 0) is 37.1 Å². The summed E-state index contributed by atoms with van der Waals surface area (Å²) < 4.78 is 4.78. The summed E-state index contributed by atoms with van der Waals surface area (Å²) >= 11 is 6.08. The van der Waals surface area contributed by atoms with Crippen molar-refractivity contribution in [3.05, 3.63) is 69.7 Å². The van der Waals surface area contributed by atoms with Crippen LogP contribution in [0.2, 0.25) is 5.02 Å². The number of hydrogen-bond acceptors (Lipinski definition) is 4. The number of ether oxygens (including phenoxy) is 1. The molecule has 0 radical (unpaired) electrons. The molecule has 2 rings (SSSR count). The fourth-order valence-electron chi connectivity index (χ4n) is 2.12. The number of benzene rings is 2. The summed E-state index contributed by atoms with van der Waals surface area (Å²) in [4.78, 5) is 16.1. The van der Waals surface area contributed by atoms with Crippen LogP contribution in [0.3, 0.4) is 0 Å². The van der Waals surface area contributed by atoms with E-state index in [1.165, 1.54) is 5.56 Å². The van der Waals surface area contributed by atoms with E-state index in [-0.39, 0.29) is 6.61 Å². The highest BCUT2D eigenvalue weighted by molar-refractivity contribution is 6.31. The summed E-state index contributed by atoms with van der Waals surface area (Å²) in [5.74, 6) is 0. The summed E-state index contributed by atoms with van der Waals surface area (Å²) in [7, 11) is 0. The second-order valence-electron chi connectivity index (χ2n) is 5.35. The summed E-state index contributed by atoms with van der Waals surface area (Å²) in [6.45, 7) is 4.27. The molecule has 0 aliphatic carbocycles. The third-order valence-corrected chi connectivity index (χ3v) is 3.72. The van der Waals surface area contributed by atoms with Gasteiger partial charge in [0, 0.05) is 10.6 Å². The second-order valence-corrected chi connectivity index (χ2v) is 5.76. The van der Waals surface area contributed by atoms with Crippen molar-refractivity contribution in [1.29, 1.82) is 0 Å². The lowest BCUT2D eigenvalue weighted by Crippen LogP contribution is -2.13. The average molecular weight is 347 g/mol. The molecule has 0 atom stereocenters. The minimum Gasteiger partial charge on any atom is -0.445 e. The lowest BCUT2D eigenvalue weighted by Gasteiger charge is -2.08. The van der Waals surface area contributed by atoms with Crippen molar-refractivity contribution < 1.29 is 14.4 Å². The van der Waals surface area contributed by atoms with E-state index in [0.29, 0.717) is 22.9 Å². The number of carbonyl (C=O) groups excluding carboxylic acids is 1. The number of primary amides is 1. The Hall–Kier alpha value is -2.53. The molecule has 2 N–H and O–H groups in total. The Morgan fingerprint density at radius 3 is 2.71 bits per heavy atom. The topological polar surface area (TPSA) is 73.9 Å². The number of halogens is 1. The minimum atomic E-state index is -0.844. The maximum Gasteiger partial charge on any atom is 0.404 e. The molecule has 2 aromatic carbocycles. The van der Waals surface area contributed by atoms with E-state index in [4.69, 9.17) is 26.9 Å². The number of nitrogens with zero attached hydrogens (tertiary/aromatic N) is 1. The number of rotatable bonds is 6. The number of hydrogen-bond donors (Lipinski definition) is 1. The fraction of sp³-hybridized carbons (Fsp3) is 0.222. The molecule has 0 heterocycles. The molecule has 0 unspecified atom stereocenters. The normalized spacial score (nSPS) is 11.2. The largest absolute Gasteiger partial charge is 0.445 e. The highest BCUT2D eigenvalue weighted by atomic mass is 35.5. The molecule has 0 fully saturated rings. The van der Waals surface area contributed by atoms with Gasteiger partial charge in [0.2, 0.25) is 0 Å². The third-order valence-electron chi connectivity index (χ3n) is 3.35. The molecular formula is C18H19ClN2O3. The van der Waals surface area contributed by atoms with Crippen LogP contribution in [-0.2, 0) is 22.8 Å². The summed E-state index contributed by atoms with van der Waals surface area (Å²) in [6, 6.07) is 13.4. The SMILES string of the molecule is CC(=NOCc1cccc(C)c1)c1ccc(Cl)c(COC(N)=O)c1. The third kappa shape index (κ3) is 5.28. The summed E-state index contributed by atoms with van der Waals surface area (Å²) in [5.41, 5.74) is 9.37. The van der Waals surface area contributed by atoms with Crippen LogP contribution in [0, 0.1) is 6.92 Å². The smallest absolute Gasteiger partial charge is 0.404 e. The van der Waals surface area contributed by atoms with E-state index in [0.717, 1.165) is 11.1 Å². The Kier molecular flexibility index (Phi) is 6.21. The molecule has 6 heteroatoms. The Morgan fingerprint density at radius 2 is 2.00 bits per heavy atom. The van der Waals surface area contributed by atoms with Crippen molar-refractivity contribution in [2.75, 3.05) is 0 Å². The van der Waals surface area contributed by atoms with Crippen LogP contribution >= 0.6 is 11.6 Å². The molecule has 0 saturated heterocycles. The number of oxime groups is 1. The molecule has 0 spiro atoms. The first kappa shape index (κ1) is 17.8. The monoisotopic (exact) mass is 346 g/mol. The van der Waals surface area contributed by atoms with Crippen molar-refractivity contribution in [2.24, 2.45) is 10.9 Å². The molecule has 126 valence electrons. The summed E-state index contributed by atoms with van der Waals surface area (Å²) in [5, 5.41) is 4.62. The van der Waals surface area contributed by atoms with Gasteiger partial charge >= 0.3 is 6.09 Å². The number of aryl methyl sites for hydroxylation is 1. The Labute approximate surface area is 146 Å². The quantitative estimate of drug-likeness (QED) is 0.629. The Balaban J connectivity index is 2.04. The first-order chi connectivity index (χ1) is 11.5. The maximum absolute atomic E-state index is 10.7. The van der Waals surface area contributed by atoms with Crippen molar-refractivity contribution in [3.8, 4) is 0 Å². The van der Waals surface area contributed by atoms with Gasteiger partial charge in [-0.25, -0.2) is 4.79 Å². The average Bonchev–Trinajstić information content (AvgIpc) is 2.54. The first-order valence-corrected chi connectivity index (χ1v) is 7.76. The number of nitrogens with two attached hydrogens (primary N) is 1. The number of carbonyl (C=O) groups is 1. The van der Waals surface area contributed by atoms with Gasteiger partial charge in [0.1, 0.15) is 13.2 Å². The lowest BCUT2D eigenvalue weighted by molar-refractivity contribution is 0.130. The minimum absolute atomic E-state index is 0.0133. The van der Waals surface area contributed by atoms with Crippen molar-refractivity contribution >= 4 is 23.4 Å². The van der Waals surface area contributed by atoms with Crippen LogP contribution in [0.15, 0.2) is 47.6 Å². The first-order valence-electron chi connectivity index (χ1n) is 7.39. The van der Waals surface area contributed by atoms with Gasteiger partial charge in [-0.1, -0.05) is 52.7 Å². The predicted octanol–water partition coefficient (Wildman–Crippen LogP) is 4.18. The van der Waals surface area contributed by atoms with Gasteiger partial charge in [0.25, 0.3) is 0 Å². The zero-order valence-corrected chi connectivity index (χ0v) is 14.3. The molecule has 24 heavy (non-hydrogen) atoms. The van der Waals surface area contributed by atoms with Crippen LogP contribution in [0.1, 0.15) is 29.2 Å². The van der Waals surface area contributed by atoms with Crippen LogP contribution < -0.4 is 5.73 Å². The van der Waals surface area contributed by atoms with Crippen LogP contribution in [0.25, 0.3) is 0 Å². The lowest BCUT2D eigenvalue weighted by atomic mass is 10.1. The molecule has 2 aromatic rings. The van der Waals surface area contributed by atoms with Crippen LogP contribution in [-0.4, -0.2) is 11.8 Å². The highest BCUT2D eigenvalue weighted by Crippen LogP contribution is 2.19. The Bertz CT molecular complexity index is 760. The van der Waals surface area contributed by atoms with Crippen LogP contribution in [0.4, 0.5) is 4.79 Å². The fourth-order valence-corrected chi connectivity index (χ4v) is 2.29. The van der Waals surface area contributed by atoms with Gasteiger partial charge in [-0.15, -0.1) is 0 Å². The maximum atomic E-state index is 10.7. The molecule has 0 aliphatic heterocycles. The van der Waals surface area contributed by atoms with Crippen molar-refractivity contribution in [2.45, 2.75) is 27.1 Å². The van der Waals surface area contributed by atoms with Crippen molar-refractivity contribution in [1.82, 2.24) is 0 Å². The predicted molar refractivity (Wildman–Crippen MR) is 94.0 cm³/mol. The zero-order valence-electron chi connectivity index (χ0n) is 13.6. The van der Waals surface area contributed by atoms with E-state index < -0.39 is 6.09 Å². The molecule has 0 aromatic heterocycles. The molecule has 0 aliphatic rings. The molecule has 0 bridgehead atoms. The van der Waals surface area contributed by atoms with Gasteiger partial charge < -0.3 is 15.3 Å². The van der Waals surface area contributed by atoms with Gasteiger partial charge in [0.05, 0.1) is 5.71 Å². The van der Waals surface area contributed by atoms with Gasteiger partial charge in [-0.2, -0.15) is 0 Å². The molecule has 5 nitrogen and oxygen atoms in total. The van der Waals surface area contributed by atoms with Crippen LogP contribution in [0.5, 0.6) is 0 Å². The second kappa shape index (κ2) is 8.36. The van der Waals surface area contributed by atoms with Crippen molar-refractivity contribution in [3.63, 3.8) is 0 Å². The van der Waals surface area contributed by atoms with E-state index >= 15 is 0 Å².